The van der Waals surface area contributed by atoms with E-state index in [4.69, 9.17) is 0 Å². The summed E-state index contributed by atoms with van der Waals surface area (Å²) in [5.74, 6) is 0. The van der Waals surface area contributed by atoms with E-state index < -0.39 is 0 Å². The minimum Gasteiger partial charge on any atom is -0.396 e. The Balaban J connectivity index is 2.03. The van der Waals surface area contributed by atoms with Crippen LogP contribution in [0.25, 0.3) is 0 Å². The SMILES string of the molecule is CCn1nc(C)c(CN2CCN(CC=C(C)C)[C@@H](CCO)C2)c1C. The molecule has 2 rings (SSSR count). The Labute approximate surface area is 146 Å². The highest BCUT2D eigenvalue weighted by Gasteiger charge is 2.27. The van der Waals surface area contributed by atoms with Crippen LogP contribution >= 0.6 is 0 Å². The summed E-state index contributed by atoms with van der Waals surface area (Å²) < 4.78 is 2.10. The van der Waals surface area contributed by atoms with Gasteiger partial charge in [-0.25, -0.2) is 0 Å². The second kappa shape index (κ2) is 8.79. The third kappa shape index (κ3) is 4.68. The number of nitrogens with zero attached hydrogens (tertiary/aromatic N) is 4. The molecule has 0 saturated carbocycles. The van der Waals surface area contributed by atoms with Crippen LogP contribution in [0, 0.1) is 13.8 Å². The fourth-order valence-electron chi connectivity index (χ4n) is 3.56. The van der Waals surface area contributed by atoms with Crippen molar-refractivity contribution >= 4 is 0 Å². The summed E-state index contributed by atoms with van der Waals surface area (Å²) in [5.41, 5.74) is 5.18. The van der Waals surface area contributed by atoms with E-state index in [2.05, 4.69) is 60.3 Å². The van der Waals surface area contributed by atoms with Gasteiger partial charge < -0.3 is 5.11 Å². The van der Waals surface area contributed by atoms with Gasteiger partial charge >= 0.3 is 0 Å². The van der Waals surface area contributed by atoms with Crippen molar-refractivity contribution in [3.8, 4) is 0 Å². The molecule has 1 aromatic rings. The Morgan fingerprint density at radius 2 is 2.04 bits per heavy atom. The zero-order chi connectivity index (χ0) is 17.7. The molecular formula is C19H34N4O. The van der Waals surface area contributed by atoms with Gasteiger partial charge in [-0.2, -0.15) is 5.10 Å². The maximum Gasteiger partial charge on any atom is 0.0641 e. The molecule has 0 spiro atoms. The molecule has 1 aromatic heterocycles. The van der Waals surface area contributed by atoms with E-state index in [1.54, 1.807) is 0 Å². The van der Waals surface area contributed by atoms with E-state index in [9.17, 15) is 5.11 Å². The molecule has 1 fully saturated rings. The lowest BCUT2D eigenvalue weighted by atomic mass is 10.1. The minimum absolute atomic E-state index is 0.260. The maximum atomic E-state index is 9.44. The van der Waals surface area contributed by atoms with Crippen molar-refractivity contribution < 1.29 is 5.11 Å². The van der Waals surface area contributed by atoms with Gasteiger partial charge in [0.25, 0.3) is 0 Å². The molecule has 0 amide bonds. The van der Waals surface area contributed by atoms with E-state index in [1.807, 2.05) is 0 Å². The Kier molecular flexibility index (Phi) is 7.02. The van der Waals surface area contributed by atoms with Crippen LogP contribution in [0.4, 0.5) is 0 Å². The normalized spacial score (nSPS) is 19.7. The summed E-state index contributed by atoms with van der Waals surface area (Å²) in [6.07, 6.45) is 3.14. The van der Waals surface area contributed by atoms with Crippen molar-refractivity contribution in [1.29, 1.82) is 0 Å². The summed E-state index contributed by atoms with van der Waals surface area (Å²) >= 11 is 0. The molecule has 5 nitrogen and oxygen atoms in total. The molecule has 0 radical (unpaired) electrons. The second-order valence-electron chi connectivity index (χ2n) is 7.14. The number of allylic oxidation sites excluding steroid dienone is 1. The van der Waals surface area contributed by atoms with Gasteiger partial charge in [-0.05, 0) is 41.0 Å². The summed E-state index contributed by atoms with van der Waals surface area (Å²) in [6.45, 7) is 17.0. The summed E-state index contributed by atoms with van der Waals surface area (Å²) in [7, 11) is 0. The number of aliphatic hydroxyl groups excluding tert-OH is 1. The first-order chi connectivity index (χ1) is 11.5. The lowest BCUT2D eigenvalue weighted by Crippen LogP contribution is -2.53. The Morgan fingerprint density at radius 1 is 1.29 bits per heavy atom. The second-order valence-corrected chi connectivity index (χ2v) is 7.14. The first-order valence-electron chi connectivity index (χ1n) is 9.19. The van der Waals surface area contributed by atoms with E-state index in [1.165, 1.54) is 16.8 Å². The molecule has 1 aliphatic rings. The number of hydrogen-bond donors (Lipinski definition) is 1. The average molecular weight is 335 g/mol. The largest absolute Gasteiger partial charge is 0.396 e. The van der Waals surface area contributed by atoms with Gasteiger partial charge in [-0.1, -0.05) is 11.6 Å². The molecule has 1 saturated heterocycles. The van der Waals surface area contributed by atoms with Crippen LogP contribution in [0.1, 0.15) is 44.1 Å². The van der Waals surface area contributed by atoms with Crippen molar-refractivity contribution in [2.75, 3.05) is 32.8 Å². The fourth-order valence-corrected chi connectivity index (χ4v) is 3.56. The zero-order valence-corrected chi connectivity index (χ0v) is 16.0. The molecule has 24 heavy (non-hydrogen) atoms. The molecule has 136 valence electrons. The molecule has 5 heteroatoms. The van der Waals surface area contributed by atoms with Crippen LogP contribution in [0.3, 0.4) is 0 Å². The maximum absolute atomic E-state index is 9.44. The fraction of sp³-hybridized carbons (Fsp3) is 0.737. The molecule has 2 heterocycles. The highest BCUT2D eigenvalue weighted by atomic mass is 16.3. The van der Waals surface area contributed by atoms with Gasteiger partial charge in [0, 0.05) is 63.2 Å². The van der Waals surface area contributed by atoms with E-state index in [0.717, 1.165) is 51.4 Å². The van der Waals surface area contributed by atoms with Crippen LogP contribution in [-0.4, -0.2) is 63.5 Å². The van der Waals surface area contributed by atoms with Crippen molar-refractivity contribution in [3.63, 3.8) is 0 Å². The van der Waals surface area contributed by atoms with E-state index in [0.29, 0.717) is 6.04 Å². The number of rotatable bonds is 7. The van der Waals surface area contributed by atoms with Crippen LogP contribution in [0.15, 0.2) is 11.6 Å². The molecule has 0 unspecified atom stereocenters. The smallest absolute Gasteiger partial charge is 0.0641 e. The predicted octanol–water partition coefficient (Wildman–Crippen LogP) is 2.35. The quantitative estimate of drug-likeness (QED) is 0.778. The zero-order valence-electron chi connectivity index (χ0n) is 16.0. The molecule has 1 atom stereocenters. The third-order valence-electron chi connectivity index (χ3n) is 5.10. The van der Waals surface area contributed by atoms with Gasteiger partial charge in [0.1, 0.15) is 0 Å². The molecule has 0 aromatic carbocycles. The molecule has 1 N–H and O–H groups in total. The summed E-state index contributed by atoms with van der Waals surface area (Å²) in [4.78, 5) is 5.03. The van der Waals surface area contributed by atoms with Crippen LogP contribution in [0.5, 0.6) is 0 Å². The van der Waals surface area contributed by atoms with E-state index in [-0.39, 0.29) is 6.61 Å². The van der Waals surface area contributed by atoms with Crippen molar-refractivity contribution in [2.24, 2.45) is 0 Å². The highest BCUT2D eigenvalue weighted by molar-refractivity contribution is 5.24. The van der Waals surface area contributed by atoms with Gasteiger partial charge in [-0.15, -0.1) is 0 Å². The molecule has 0 bridgehead atoms. The van der Waals surface area contributed by atoms with Crippen LogP contribution in [-0.2, 0) is 13.1 Å². The summed E-state index contributed by atoms with van der Waals surface area (Å²) in [6, 6.07) is 0.432. The Morgan fingerprint density at radius 3 is 2.62 bits per heavy atom. The number of hydrogen-bond acceptors (Lipinski definition) is 4. The van der Waals surface area contributed by atoms with Crippen molar-refractivity contribution in [1.82, 2.24) is 19.6 Å². The van der Waals surface area contributed by atoms with E-state index >= 15 is 0 Å². The third-order valence-corrected chi connectivity index (χ3v) is 5.10. The van der Waals surface area contributed by atoms with Gasteiger partial charge in [0.05, 0.1) is 5.69 Å². The number of aryl methyl sites for hydroxylation is 2. The molecule has 0 aliphatic carbocycles. The molecular weight excluding hydrogens is 300 g/mol. The first kappa shape index (κ1) is 19.2. The van der Waals surface area contributed by atoms with Gasteiger partial charge in [0.15, 0.2) is 0 Å². The number of piperazine rings is 1. The van der Waals surface area contributed by atoms with Gasteiger partial charge in [0.2, 0.25) is 0 Å². The minimum atomic E-state index is 0.260. The lowest BCUT2D eigenvalue weighted by Gasteiger charge is -2.41. The predicted molar refractivity (Wildman–Crippen MR) is 99.1 cm³/mol. The monoisotopic (exact) mass is 334 g/mol. The Bertz CT molecular complexity index is 560. The average Bonchev–Trinajstić information content (AvgIpc) is 2.81. The first-order valence-corrected chi connectivity index (χ1v) is 9.19. The molecule has 1 aliphatic heterocycles. The summed E-state index contributed by atoms with van der Waals surface area (Å²) in [5, 5.41) is 14.1. The van der Waals surface area contributed by atoms with Crippen LogP contribution < -0.4 is 0 Å². The van der Waals surface area contributed by atoms with Crippen molar-refractivity contribution in [2.45, 2.75) is 60.2 Å². The number of aromatic nitrogens is 2. The number of aliphatic hydroxyl groups is 1. The van der Waals surface area contributed by atoms with Crippen LogP contribution in [0.2, 0.25) is 0 Å². The van der Waals surface area contributed by atoms with Crippen molar-refractivity contribution in [3.05, 3.63) is 28.6 Å². The highest BCUT2D eigenvalue weighted by Crippen LogP contribution is 2.20. The Hall–Kier alpha value is -1.17. The topological polar surface area (TPSA) is 44.5 Å². The lowest BCUT2D eigenvalue weighted by molar-refractivity contribution is 0.0634. The van der Waals surface area contributed by atoms with Gasteiger partial charge in [-0.3, -0.25) is 14.5 Å². The standard InChI is InChI=1S/C19H34N4O/c1-6-23-17(5)19(16(4)20-23)14-21-10-11-22(9-7-15(2)3)18(13-21)8-12-24/h7,18,24H,6,8-14H2,1-5H3/t18-/m0/s1.